The monoisotopic (exact) mass is 360 g/mol. The number of hydrogen-bond donors (Lipinski definition) is 0. The van der Waals surface area contributed by atoms with Gasteiger partial charge in [-0.15, -0.1) is 0 Å². The Bertz CT molecular complexity index is 705. The number of benzene rings is 1. The number of amides is 2. The first-order valence-corrected chi connectivity index (χ1v) is 8.97. The summed E-state index contributed by atoms with van der Waals surface area (Å²) in [5.74, 6) is -0.493. The normalized spacial score (nSPS) is 24.0. The number of ether oxygens (including phenoxy) is 2. The molecule has 0 N–H and O–H groups in total. The second kappa shape index (κ2) is 7.86. The van der Waals surface area contributed by atoms with Crippen LogP contribution in [0.4, 0.5) is 5.69 Å². The van der Waals surface area contributed by atoms with E-state index in [2.05, 4.69) is 0 Å². The highest BCUT2D eigenvalue weighted by Gasteiger charge is 2.45. The van der Waals surface area contributed by atoms with Crippen LogP contribution in [-0.4, -0.2) is 55.5 Å². The van der Waals surface area contributed by atoms with Gasteiger partial charge in [-0.05, 0) is 38.4 Å². The van der Waals surface area contributed by atoms with E-state index in [0.29, 0.717) is 31.1 Å². The molecule has 0 bridgehead atoms. The van der Waals surface area contributed by atoms with Gasteiger partial charge in [0, 0.05) is 6.54 Å². The highest BCUT2D eigenvalue weighted by molar-refractivity contribution is 6.23. The van der Waals surface area contributed by atoms with Crippen LogP contribution in [0.25, 0.3) is 0 Å². The molecule has 2 fully saturated rings. The predicted octanol–water partition coefficient (Wildman–Crippen LogP) is 1.60. The van der Waals surface area contributed by atoms with E-state index in [4.69, 9.17) is 9.47 Å². The second-order valence-corrected chi connectivity index (χ2v) is 6.55. The number of esters is 1. The Morgan fingerprint density at radius 2 is 2.04 bits per heavy atom. The summed E-state index contributed by atoms with van der Waals surface area (Å²) in [6.45, 7) is 3.27. The van der Waals surface area contributed by atoms with Crippen molar-refractivity contribution in [3.8, 4) is 5.75 Å². The zero-order valence-electron chi connectivity index (χ0n) is 15.1. The average molecular weight is 360 g/mol. The first-order valence-electron chi connectivity index (χ1n) is 8.97. The van der Waals surface area contributed by atoms with Gasteiger partial charge in [-0.2, -0.15) is 0 Å². The topological polar surface area (TPSA) is 76.2 Å². The zero-order valence-corrected chi connectivity index (χ0v) is 15.1. The highest BCUT2D eigenvalue weighted by Crippen LogP contribution is 2.34. The smallest absolute Gasteiger partial charge is 0.310 e. The molecule has 0 spiro atoms. The number of anilines is 1. The molecule has 2 heterocycles. The molecule has 0 aromatic heterocycles. The lowest BCUT2D eigenvalue weighted by Crippen LogP contribution is -2.48. The van der Waals surface area contributed by atoms with E-state index in [9.17, 15) is 14.4 Å². The standard InChI is InChI=1S/C19H24N2O5/c1-3-26-19(24)13-7-6-10-20(12-13)15-11-17(22)21(18(15)23)14-8-4-5-9-16(14)25-2/h4-5,8-9,13,15H,3,6-7,10-12H2,1-2H3/t13-,15+/m1/s1. The Kier molecular flexibility index (Phi) is 5.56. The summed E-state index contributed by atoms with van der Waals surface area (Å²) in [7, 11) is 1.51. The maximum absolute atomic E-state index is 13.0. The Hall–Kier alpha value is -2.41. The lowest BCUT2D eigenvalue weighted by atomic mass is 9.96. The molecule has 2 aliphatic rings. The SMILES string of the molecule is CCOC(=O)[C@@H]1CCCN([C@H]2CC(=O)N(c3ccccc3OC)C2=O)C1. The molecule has 2 amide bonds. The molecular formula is C19H24N2O5. The molecule has 2 saturated heterocycles. The maximum Gasteiger partial charge on any atom is 0.310 e. The van der Waals surface area contributed by atoms with Crippen LogP contribution < -0.4 is 9.64 Å². The Morgan fingerprint density at radius 1 is 1.27 bits per heavy atom. The number of carbonyl (C=O) groups is 3. The molecule has 0 unspecified atom stereocenters. The van der Waals surface area contributed by atoms with Crippen molar-refractivity contribution in [2.45, 2.75) is 32.2 Å². The Morgan fingerprint density at radius 3 is 2.77 bits per heavy atom. The van der Waals surface area contributed by atoms with Crippen molar-refractivity contribution >= 4 is 23.5 Å². The fraction of sp³-hybridized carbons (Fsp3) is 0.526. The number of carbonyl (C=O) groups excluding carboxylic acids is 3. The molecule has 7 nitrogen and oxygen atoms in total. The largest absolute Gasteiger partial charge is 0.495 e. The molecule has 3 rings (SSSR count). The minimum Gasteiger partial charge on any atom is -0.495 e. The van der Waals surface area contributed by atoms with E-state index in [1.54, 1.807) is 31.2 Å². The van der Waals surface area contributed by atoms with Gasteiger partial charge in [0.25, 0.3) is 5.91 Å². The number of hydrogen-bond acceptors (Lipinski definition) is 6. The van der Waals surface area contributed by atoms with E-state index in [-0.39, 0.29) is 30.1 Å². The van der Waals surface area contributed by atoms with Crippen LogP contribution in [0.15, 0.2) is 24.3 Å². The summed E-state index contributed by atoms with van der Waals surface area (Å²) >= 11 is 0. The molecule has 26 heavy (non-hydrogen) atoms. The predicted molar refractivity (Wildman–Crippen MR) is 94.8 cm³/mol. The maximum atomic E-state index is 13.0. The van der Waals surface area contributed by atoms with E-state index in [1.807, 2.05) is 4.90 Å². The summed E-state index contributed by atoms with van der Waals surface area (Å²) in [6.07, 6.45) is 1.67. The molecule has 7 heteroatoms. The zero-order chi connectivity index (χ0) is 18.7. The molecule has 2 atom stereocenters. The number of likely N-dealkylation sites (tertiary alicyclic amines) is 1. The fourth-order valence-electron chi connectivity index (χ4n) is 3.71. The molecule has 0 saturated carbocycles. The molecule has 1 aromatic carbocycles. The van der Waals surface area contributed by atoms with Crippen molar-refractivity contribution in [1.29, 1.82) is 0 Å². The number of rotatable bonds is 5. The van der Waals surface area contributed by atoms with Gasteiger partial charge in [-0.1, -0.05) is 12.1 Å². The quantitative estimate of drug-likeness (QED) is 0.586. The van der Waals surface area contributed by atoms with Gasteiger partial charge >= 0.3 is 5.97 Å². The van der Waals surface area contributed by atoms with Gasteiger partial charge in [-0.25, -0.2) is 4.90 Å². The van der Waals surface area contributed by atoms with Crippen molar-refractivity contribution in [1.82, 2.24) is 4.90 Å². The van der Waals surface area contributed by atoms with Crippen LogP contribution in [-0.2, 0) is 19.1 Å². The van der Waals surface area contributed by atoms with Crippen LogP contribution in [0.2, 0.25) is 0 Å². The van der Waals surface area contributed by atoms with Gasteiger partial charge in [0.1, 0.15) is 5.75 Å². The summed E-state index contributed by atoms with van der Waals surface area (Å²) in [5, 5.41) is 0. The summed E-state index contributed by atoms with van der Waals surface area (Å²) in [5.41, 5.74) is 0.464. The third-order valence-corrected chi connectivity index (χ3v) is 4.96. The first kappa shape index (κ1) is 18.4. The minimum absolute atomic E-state index is 0.117. The Balaban J connectivity index is 1.77. The summed E-state index contributed by atoms with van der Waals surface area (Å²) in [4.78, 5) is 40.7. The lowest BCUT2D eigenvalue weighted by Gasteiger charge is -2.34. The molecule has 2 aliphatic heterocycles. The van der Waals surface area contributed by atoms with Crippen LogP contribution in [0, 0.1) is 5.92 Å². The number of nitrogens with zero attached hydrogens (tertiary/aromatic N) is 2. The lowest BCUT2D eigenvalue weighted by molar-refractivity contribution is -0.150. The fourth-order valence-corrected chi connectivity index (χ4v) is 3.71. The van der Waals surface area contributed by atoms with E-state index in [0.717, 1.165) is 12.8 Å². The van der Waals surface area contributed by atoms with Crippen LogP contribution in [0.1, 0.15) is 26.2 Å². The third kappa shape index (κ3) is 3.44. The van der Waals surface area contributed by atoms with E-state index in [1.165, 1.54) is 12.0 Å². The minimum atomic E-state index is -0.537. The summed E-state index contributed by atoms with van der Waals surface area (Å²) in [6, 6.07) is 6.45. The molecule has 0 aliphatic carbocycles. The molecule has 1 aromatic rings. The van der Waals surface area contributed by atoms with E-state index >= 15 is 0 Å². The number of methoxy groups -OCH3 is 1. The van der Waals surface area contributed by atoms with Crippen molar-refractivity contribution in [2.75, 3.05) is 31.7 Å². The van der Waals surface area contributed by atoms with Crippen LogP contribution >= 0.6 is 0 Å². The van der Waals surface area contributed by atoms with Crippen LogP contribution in [0.3, 0.4) is 0 Å². The molecule has 0 radical (unpaired) electrons. The second-order valence-electron chi connectivity index (χ2n) is 6.55. The number of piperidine rings is 1. The van der Waals surface area contributed by atoms with Gasteiger partial charge in [0.15, 0.2) is 0 Å². The van der Waals surface area contributed by atoms with Crippen molar-refractivity contribution in [3.63, 3.8) is 0 Å². The van der Waals surface area contributed by atoms with Gasteiger partial charge in [0.05, 0.1) is 37.8 Å². The molecular weight excluding hydrogens is 336 g/mol. The highest BCUT2D eigenvalue weighted by atomic mass is 16.5. The van der Waals surface area contributed by atoms with Crippen molar-refractivity contribution < 1.29 is 23.9 Å². The average Bonchev–Trinajstić information content (AvgIpc) is 2.96. The van der Waals surface area contributed by atoms with E-state index < -0.39 is 6.04 Å². The first-order chi connectivity index (χ1) is 12.6. The number of imide groups is 1. The van der Waals surface area contributed by atoms with Gasteiger partial charge in [0.2, 0.25) is 5.91 Å². The Labute approximate surface area is 152 Å². The van der Waals surface area contributed by atoms with Crippen LogP contribution in [0.5, 0.6) is 5.75 Å². The van der Waals surface area contributed by atoms with Crippen molar-refractivity contribution in [3.05, 3.63) is 24.3 Å². The van der Waals surface area contributed by atoms with Gasteiger partial charge < -0.3 is 9.47 Å². The number of para-hydroxylation sites is 2. The van der Waals surface area contributed by atoms with Gasteiger partial charge in [-0.3, -0.25) is 19.3 Å². The third-order valence-electron chi connectivity index (χ3n) is 4.96. The summed E-state index contributed by atoms with van der Waals surface area (Å²) < 4.78 is 10.4. The van der Waals surface area contributed by atoms with Crippen molar-refractivity contribution in [2.24, 2.45) is 5.92 Å². The molecule has 140 valence electrons.